The molecule has 0 radical (unpaired) electrons. The maximum atomic E-state index is 12.8. The number of Topliss-reactive ketones (excluding diaryl/α,β-unsaturated/α-hetero) is 1. The fourth-order valence-corrected chi connectivity index (χ4v) is 3.88. The van der Waals surface area contributed by atoms with Gasteiger partial charge in [0.1, 0.15) is 5.58 Å². The van der Waals surface area contributed by atoms with Gasteiger partial charge < -0.3 is 23.2 Å². The first-order valence-electron chi connectivity index (χ1n) is 9.76. The number of aryl methyl sites for hydroxylation is 1. The highest BCUT2D eigenvalue weighted by Gasteiger charge is 2.24. The molecule has 3 aromatic rings. The maximum Gasteiger partial charge on any atom is 0.375 e. The molecule has 0 unspecified atom stereocenters. The van der Waals surface area contributed by atoms with Gasteiger partial charge in [0.2, 0.25) is 11.5 Å². The van der Waals surface area contributed by atoms with Crippen LogP contribution in [0.1, 0.15) is 50.8 Å². The number of rotatable bonds is 9. The molecule has 0 aliphatic rings. The Hall–Kier alpha value is -2.90. The molecule has 2 heterocycles. The summed E-state index contributed by atoms with van der Waals surface area (Å²) in [6.45, 7) is 6.21. The fraction of sp³-hybridized carbons (Fsp3) is 0.391. The lowest BCUT2D eigenvalue weighted by Gasteiger charge is -2.17. The molecular weight excluding hydrogens is 386 g/mol. The van der Waals surface area contributed by atoms with Crippen molar-refractivity contribution in [2.75, 3.05) is 27.4 Å². The summed E-state index contributed by atoms with van der Waals surface area (Å²) in [7, 11) is 3.19. The van der Waals surface area contributed by atoms with Crippen LogP contribution in [0.2, 0.25) is 0 Å². The monoisotopic (exact) mass is 413 g/mol. The number of furan rings is 1. The molecule has 0 N–H and O–H groups in total. The van der Waals surface area contributed by atoms with Crippen LogP contribution in [0.25, 0.3) is 11.0 Å². The molecule has 7 nitrogen and oxygen atoms in total. The Morgan fingerprint density at radius 1 is 1.13 bits per heavy atom. The highest BCUT2D eigenvalue weighted by atomic mass is 16.5. The average molecular weight is 413 g/mol. The topological polar surface area (TPSA) is 79.9 Å². The number of carbonyl (C=O) groups excluding carboxylic acids is 2. The smallest absolute Gasteiger partial charge is 0.375 e. The van der Waals surface area contributed by atoms with Crippen molar-refractivity contribution >= 4 is 22.7 Å². The number of ketones is 1. The van der Waals surface area contributed by atoms with Gasteiger partial charge in [0.15, 0.2) is 6.61 Å². The summed E-state index contributed by atoms with van der Waals surface area (Å²) in [4.78, 5) is 25.4. The molecular formula is C23H27NO6. The number of fused-ring (bicyclic) bond motifs is 1. The Kier molecular flexibility index (Phi) is 6.74. The van der Waals surface area contributed by atoms with E-state index in [2.05, 4.69) is 4.57 Å². The lowest BCUT2D eigenvalue weighted by Crippen LogP contribution is -2.17. The molecule has 1 aromatic carbocycles. The second kappa shape index (κ2) is 9.28. The number of para-hydroxylation sites is 1. The van der Waals surface area contributed by atoms with Crippen LogP contribution < -0.4 is 0 Å². The van der Waals surface area contributed by atoms with Gasteiger partial charge in [-0.3, -0.25) is 4.79 Å². The second-order valence-electron chi connectivity index (χ2n) is 7.30. The van der Waals surface area contributed by atoms with Gasteiger partial charge in [0.05, 0.1) is 19.3 Å². The zero-order valence-corrected chi connectivity index (χ0v) is 18.0. The largest absolute Gasteiger partial charge is 0.451 e. The normalized spacial score (nSPS) is 12.3. The summed E-state index contributed by atoms with van der Waals surface area (Å²) in [6, 6.07) is 9.20. The van der Waals surface area contributed by atoms with Crippen molar-refractivity contribution in [1.29, 1.82) is 0 Å². The van der Waals surface area contributed by atoms with E-state index in [1.165, 1.54) is 0 Å². The molecule has 7 heteroatoms. The quantitative estimate of drug-likeness (QED) is 0.385. The van der Waals surface area contributed by atoms with Crippen molar-refractivity contribution in [2.24, 2.45) is 0 Å². The van der Waals surface area contributed by atoms with Gasteiger partial charge in [0.25, 0.3) is 0 Å². The molecule has 0 aliphatic heterocycles. The van der Waals surface area contributed by atoms with Crippen LogP contribution in [0.5, 0.6) is 0 Å². The summed E-state index contributed by atoms with van der Waals surface area (Å²) in [5.74, 6) is -0.894. The molecule has 0 saturated heterocycles. The molecule has 0 amide bonds. The van der Waals surface area contributed by atoms with Gasteiger partial charge in [-0.1, -0.05) is 18.2 Å². The van der Waals surface area contributed by atoms with Crippen molar-refractivity contribution < 1.29 is 28.2 Å². The minimum atomic E-state index is -0.687. The van der Waals surface area contributed by atoms with Crippen molar-refractivity contribution in [3.8, 4) is 0 Å². The Balaban J connectivity index is 1.77. The Bertz CT molecular complexity index is 1060. The molecule has 30 heavy (non-hydrogen) atoms. The summed E-state index contributed by atoms with van der Waals surface area (Å²) >= 11 is 0. The van der Waals surface area contributed by atoms with E-state index in [-0.39, 0.29) is 30.8 Å². The van der Waals surface area contributed by atoms with Gasteiger partial charge in [-0.25, -0.2) is 4.79 Å². The number of carbonyl (C=O) groups is 2. The SMILES string of the molecule is COCc1c(C(=O)OCC(=O)c2cc(C)n([C@H](C)COC)c2C)oc2ccccc12. The number of hydrogen-bond donors (Lipinski definition) is 0. The number of benzene rings is 1. The zero-order chi connectivity index (χ0) is 21.8. The standard InChI is InChI=1S/C23H27NO6/c1-14-10-18(16(3)24(14)15(2)11-27-4)20(25)13-29-23(26)22-19(12-28-5)17-8-6-7-9-21(17)30-22/h6-10,15H,11-13H2,1-5H3/t15-/m1/s1. The van der Waals surface area contributed by atoms with Crippen LogP contribution >= 0.6 is 0 Å². The van der Waals surface area contributed by atoms with Crippen LogP contribution in [-0.2, 0) is 20.8 Å². The van der Waals surface area contributed by atoms with E-state index in [4.69, 9.17) is 18.6 Å². The van der Waals surface area contributed by atoms with Gasteiger partial charge in [-0.2, -0.15) is 0 Å². The van der Waals surface area contributed by atoms with E-state index >= 15 is 0 Å². The van der Waals surface area contributed by atoms with Crippen molar-refractivity contribution in [3.63, 3.8) is 0 Å². The number of methoxy groups -OCH3 is 2. The summed E-state index contributed by atoms with van der Waals surface area (Å²) in [6.07, 6.45) is 0. The third-order valence-corrected chi connectivity index (χ3v) is 5.14. The first-order chi connectivity index (χ1) is 14.4. The number of aromatic nitrogens is 1. The zero-order valence-electron chi connectivity index (χ0n) is 18.0. The molecule has 160 valence electrons. The molecule has 0 saturated carbocycles. The first-order valence-corrected chi connectivity index (χ1v) is 9.76. The van der Waals surface area contributed by atoms with E-state index in [9.17, 15) is 9.59 Å². The van der Waals surface area contributed by atoms with Crippen LogP contribution in [0.15, 0.2) is 34.7 Å². The highest BCUT2D eigenvalue weighted by Crippen LogP contribution is 2.27. The maximum absolute atomic E-state index is 12.8. The number of nitrogens with zero attached hydrogens (tertiary/aromatic N) is 1. The van der Waals surface area contributed by atoms with Crippen LogP contribution in [0.3, 0.4) is 0 Å². The third kappa shape index (κ3) is 4.17. The lowest BCUT2D eigenvalue weighted by molar-refractivity contribution is 0.0440. The highest BCUT2D eigenvalue weighted by molar-refractivity contribution is 6.01. The van der Waals surface area contributed by atoms with Gasteiger partial charge in [-0.15, -0.1) is 0 Å². The minimum absolute atomic E-state index is 0.0602. The Morgan fingerprint density at radius 3 is 2.57 bits per heavy atom. The third-order valence-electron chi connectivity index (χ3n) is 5.14. The van der Waals surface area contributed by atoms with Gasteiger partial charge in [-0.05, 0) is 32.9 Å². The molecule has 3 rings (SSSR count). The van der Waals surface area contributed by atoms with E-state index in [1.54, 1.807) is 20.3 Å². The van der Waals surface area contributed by atoms with Gasteiger partial charge in [0, 0.05) is 42.1 Å². The molecule has 0 bridgehead atoms. The van der Waals surface area contributed by atoms with Crippen LogP contribution in [-0.4, -0.2) is 43.8 Å². The van der Waals surface area contributed by atoms with E-state index in [0.29, 0.717) is 23.3 Å². The van der Waals surface area contributed by atoms with E-state index < -0.39 is 5.97 Å². The van der Waals surface area contributed by atoms with E-state index in [0.717, 1.165) is 16.8 Å². The summed E-state index contributed by atoms with van der Waals surface area (Å²) in [5.41, 5.74) is 3.48. The van der Waals surface area contributed by atoms with Crippen LogP contribution in [0.4, 0.5) is 0 Å². The minimum Gasteiger partial charge on any atom is -0.451 e. The average Bonchev–Trinajstić information content (AvgIpc) is 3.23. The molecule has 0 fully saturated rings. The predicted octanol–water partition coefficient (Wildman–Crippen LogP) is 4.24. The number of ether oxygens (including phenoxy) is 3. The van der Waals surface area contributed by atoms with Crippen molar-refractivity contribution in [3.05, 3.63) is 58.6 Å². The first kappa shape index (κ1) is 21.8. The Labute approximate surface area is 175 Å². The summed E-state index contributed by atoms with van der Waals surface area (Å²) < 4.78 is 23.5. The molecule has 0 aliphatic carbocycles. The molecule has 0 spiro atoms. The van der Waals surface area contributed by atoms with Gasteiger partial charge >= 0.3 is 5.97 Å². The number of esters is 1. The summed E-state index contributed by atoms with van der Waals surface area (Å²) in [5, 5.41) is 0.785. The number of hydrogen-bond acceptors (Lipinski definition) is 6. The second-order valence-corrected chi connectivity index (χ2v) is 7.30. The molecule has 2 aromatic heterocycles. The van der Waals surface area contributed by atoms with Crippen LogP contribution in [0, 0.1) is 13.8 Å². The fourth-order valence-electron chi connectivity index (χ4n) is 3.88. The van der Waals surface area contributed by atoms with E-state index in [1.807, 2.05) is 45.0 Å². The Morgan fingerprint density at radius 2 is 1.87 bits per heavy atom. The lowest BCUT2D eigenvalue weighted by atomic mass is 10.1. The molecule has 1 atom stereocenters. The predicted molar refractivity (Wildman–Crippen MR) is 112 cm³/mol. The van der Waals surface area contributed by atoms with Crippen molar-refractivity contribution in [2.45, 2.75) is 33.4 Å². The van der Waals surface area contributed by atoms with Crippen molar-refractivity contribution in [1.82, 2.24) is 4.57 Å².